The molecule has 1 heterocycles. The summed E-state index contributed by atoms with van der Waals surface area (Å²) < 4.78 is 12.0. The molecule has 0 unspecified atom stereocenters. The lowest BCUT2D eigenvalue weighted by Gasteiger charge is -2.14. The van der Waals surface area contributed by atoms with Crippen LogP contribution in [0.5, 0.6) is 11.5 Å². The number of fused-ring (bicyclic) bond motifs is 1. The van der Waals surface area contributed by atoms with E-state index in [1.807, 2.05) is 24.3 Å². The van der Waals surface area contributed by atoms with Crippen LogP contribution < -0.4 is 14.8 Å². The molecule has 1 aliphatic rings. The van der Waals surface area contributed by atoms with Crippen LogP contribution in [0.3, 0.4) is 0 Å². The number of methoxy groups -OCH3 is 1. The number of halogens is 2. The molecule has 1 aromatic heterocycles. The fourth-order valence-corrected chi connectivity index (χ4v) is 5.99. The van der Waals surface area contributed by atoms with Gasteiger partial charge in [0.15, 0.2) is 11.5 Å². The molecule has 0 spiro atoms. The maximum absolute atomic E-state index is 12.9. The molecule has 6 nitrogen and oxygen atoms in total. The SMILES string of the molecule is COc1cc(/C=C(/C#N)C(=O)Nc2sc3c(c2C#N)CCCC3)cc(Br)c1OCc1ccccc1Cl. The fourth-order valence-electron chi connectivity index (χ4n) is 3.99. The van der Waals surface area contributed by atoms with E-state index < -0.39 is 5.91 Å². The topological polar surface area (TPSA) is 95.1 Å². The highest BCUT2D eigenvalue weighted by molar-refractivity contribution is 9.10. The Bertz CT molecular complexity index is 1440. The summed E-state index contributed by atoms with van der Waals surface area (Å²) >= 11 is 11.1. The number of nitrogens with one attached hydrogen (secondary N) is 1. The number of carbonyl (C=O) groups is 1. The molecule has 2 aromatic carbocycles. The third-order valence-electron chi connectivity index (χ3n) is 5.77. The second kappa shape index (κ2) is 11.6. The van der Waals surface area contributed by atoms with Crippen molar-refractivity contribution in [3.05, 3.63) is 78.6 Å². The Hall–Kier alpha value is -3.30. The van der Waals surface area contributed by atoms with E-state index in [1.165, 1.54) is 24.5 Å². The average Bonchev–Trinajstić information content (AvgIpc) is 3.23. The van der Waals surface area contributed by atoms with Gasteiger partial charge in [0.1, 0.15) is 29.3 Å². The van der Waals surface area contributed by atoms with Gasteiger partial charge in [-0.1, -0.05) is 29.8 Å². The van der Waals surface area contributed by atoms with Gasteiger partial charge in [0.2, 0.25) is 0 Å². The van der Waals surface area contributed by atoms with Crippen LogP contribution in [0.2, 0.25) is 5.02 Å². The number of thiophene rings is 1. The lowest BCUT2D eigenvalue weighted by atomic mass is 9.96. The number of hydrogen-bond acceptors (Lipinski definition) is 6. The van der Waals surface area contributed by atoms with Gasteiger partial charge in [0.05, 0.1) is 17.1 Å². The summed E-state index contributed by atoms with van der Waals surface area (Å²) in [6, 6.07) is 15.0. The van der Waals surface area contributed by atoms with Gasteiger partial charge in [-0.05, 0) is 77.0 Å². The summed E-state index contributed by atoms with van der Waals surface area (Å²) in [5.74, 6) is 0.333. The highest BCUT2D eigenvalue weighted by Crippen LogP contribution is 2.39. The van der Waals surface area contributed by atoms with Crippen molar-refractivity contribution in [2.75, 3.05) is 12.4 Å². The second-order valence-electron chi connectivity index (χ2n) is 8.06. The van der Waals surface area contributed by atoms with Gasteiger partial charge in [0, 0.05) is 15.5 Å². The van der Waals surface area contributed by atoms with Crippen LogP contribution in [0, 0.1) is 22.7 Å². The molecule has 1 N–H and O–H groups in total. The molecule has 36 heavy (non-hydrogen) atoms. The number of nitrogens with zero attached hydrogens (tertiary/aromatic N) is 2. The van der Waals surface area contributed by atoms with Crippen molar-refractivity contribution in [1.29, 1.82) is 10.5 Å². The zero-order valence-electron chi connectivity index (χ0n) is 19.4. The molecule has 3 aromatic rings. The highest BCUT2D eigenvalue weighted by atomic mass is 79.9. The Morgan fingerprint density at radius 3 is 2.75 bits per heavy atom. The zero-order chi connectivity index (χ0) is 25.7. The maximum atomic E-state index is 12.9. The van der Waals surface area contributed by atoms with Gasteiger partial charge in [0.25, 0.3) is 5.91 Å². The van der Waals surface area contributed by atoms with Crippen molar-refractivity contribution in [3.63, 3.8) is 0 Å². The van der Waals surface area contributed by atoms with E-state index in [0.29, 0.717) is 37.1 Å². The van der Waals surface area contributed by atoms with E-state index in [0.717, 1.165) is 41.7 Å². The smallest absolute Gasteiger partial charge is 0.266 e. The first kappa shape index (κ1) is 25.8. The molecule has 1 amide bonds. The molecular weight excluding hydrogens is 562 g/mol. The van der Waals surface area contributed by atoms with Crippen molar-refractivity contribution in [2.45, 2.75) is 32.3 Å². The second-order valence-corrected chi connectivity index (χ2v) is 10.4. The number of aryl methyl sites for hydroxylation is 1. The summed E-state index contributed by atoms with van der Waals surface area (Å²) in [6.07, 6.45) is 5.32. The lowest BCUT2D eigenvalue weighted by Crippen LogP contribution is -2.13. The van der Waals surface area contributed by atoms with Gasteiger partial charge in [-0.25, -0.2) is 0 Å². The molecule has 0 aliphatic heterocycles. The monoisotopic (exact) mass is 581 g/mol. The molecule has 182 valence electrons. The third-order valence-corrected chi connectivity index (χ3v) is 7.93. The largest absolute Gasteiger partial charge is 0.493 e. The third kappa shape index (κ3) is 5.57. The van der Waals surface area contributed by atoms with Crippen LogP contribution in [0.4, 0.5) is 5.00 Å². The van der Waals surface area contributed by atoms with Gasteiger partial charge >= 0.3 is 0 Å². The number of rotatable bonds is 7. The Morgan fingerprint density at radius 2 is 2.03 bits per heavy atom. The van der Waals surface area contributed by atoms with Crippen LogP contribution in [0.1, 0.15) is 40.0 Å². The molecule has 0 bridgehead atoms. The molecule has 0 saturated carbocycles. The van der Waals surface area contributed by atoms with Crippen molar-refractivity contribution >= 4 is 55.9 Å². The quantitative estimate of drug-likeness (QED) is 0.238. The normalized spacial score (nSPS) is 12.8. The predicted molar refractivity (Wildman–Crippen MR) is 144 cm³/mol. The van der Waals surface area contributed by atoms with Crippen LogP contribution in [-0.2, 0) is 24.2 Å². The van der Waals surface area contributed by atoms with Crippen molar-refractivity contribution < 1.29 is 14.3 Å². The van der Waals surface area contributed by atoms with E-state index in [9.17, 15) is 15.3 Å². The van der Waals surface area contributed by atoms with Gasteiger partial charge in [-0.3, -0.25) is 4.79 Å². The number of anilines is 1. The summed E-state index contributed by atoms with van der Waals surface area (Å²) in [5.41, 5.74) is 2.83. The summed E-state index contributed by atoms with van der Waals surface area (Å²) in [4.78, 5) is 14.1. The van der Waals surface area contributed by atoms with Gasteiger partial charge in [-0.2, -0.15) is 10.5 Å². The van der Waals surface area contributed by atoms with E-state index >= 15 is 0 Å². The molecule has 0 fully saturated rings. The molecule has 0 saturated heterocycles. The highest BCUT2D eigenvalue weighted by Gasteiger charge is 2.23. The summed E-state index contributed by atoms with van der Waals surface area (Å²) in [6.45, 7) is 0.238. The molecular formula is C27H21BrClN3O3S. The first-order chi connectivity index (χ1) is 17.4. The first-order valence-electron chi connectivity index (χ1n) is 11.2. The number of nitriles is 2. The summed E-state index contributed by atoms with van der Waals surface area (Å²) in [7, 11) is 1.51. The first-order valence-corrected chi connectivity index (χ1v) is 13.2. The minimum absolute atomic E-state index is 0.0936. The molecule has 1 aliphatic carbocycles. The minimum Gasteiger partial charge on any atom is -0.493 e. The predicted octanol–water partition coefficient (Wildman–Crippen LogP) is 7.05. The van der Waals surface area contributed by atoms with Crippen molar-refractivity contribution in [2.24, 2.45) is 0 Å². The fraction of sp³-hybridized carbons (Fsp3) is 0.222. The van der Waals surface area contributed by atoms with Crippen molar-refractivity contribution in [3.8, 4) is 23.6 Å². The molecule has 9 heteroatoms. The Balaban J connectivity index is 1.56. The Morgan fingerprint density at radius 1 is 1.25 bits per heavy atom. The van der Waals surface area contributed by atoms with Crippen LogP contribution in [-0.4, -0.2) is 13.0 Å². The van der Waals surface area contributed by atoms with Crippen LogP contribution in [0.25, 0.3) is 6.08 Å². The number of amides is 1. The Kier molecular flexibility index (Phi) is 8.32. The Labute approximate surface area is 226 Å². The number of benzene rings is 2. The summed E-state index contributed by atoms with van der Waals surface area (Å²) in [5, 5.41) is 23.2. The molecule has 0 radical (unpaired) electrons. The van der Waals surface area contributed by atoms with E-state index in [1.54, 1.807) is 18.2 Å². The van der Waals surface area contributed by atoms with E-state index in [4.69, 9.17) is 21.1 Å². The number of carbonyl (C=O) groups excluding carboxylic acids is 1. The van der Waals surface area contributed by atoms with Crippen molar-refractivity contribution in [1.82, 2.24) is 0 Å². The number of hydrogen-bond donors (Lipinski definition) is 1. The molecule has 4 rings (SSSR count). The van der Waals surface area contributed by atoms with Gasteiger partial charge in [-0.15, -0.1) is 11.3 Å². The van der Waals surface area contributed by atoms with E-state index in [2.05, 4.69) is 27.3 Å². The van der Waals surface area contributed by atoms with Crippen LogP contribution >= 0.6 is 38.9 Å². The zero-order valence-corrected chi connectivity index (χ0v) is 22.5. The molecule has 0 atom stereocenters. The maximum Gasteiger partial charge on any atom is 0.266 e. The van der Waals surface area contributed by atoms with Crippen LogP contribution in [0.15, 0.2) is 46.4 Å². The standard InChI is InChI=1S/C27H21BrClN3O3S/c1-34-23-12-16(11-21(28)25(23)35-15-17-6-2-4-8-22(17)29)10-18(13-30)26(33)32-27-20(14-31)19-7-3-5-9-24(19)36-27/h2,4,6,8,10-12H,3,5,7,9,15H2,1H3,(H,32,33)/b18-10-. The minimum atomic E-state index is -0.568. The average molecular weight is 583 g/mol. The number of ether oxygens (including phenoxy) is 2. The lowest BCUT2D eigenvalue weighted by molar-refractivity contribution is -0.112. The van der Waals surface area contributed by atoms with Gasteiger partial charge < -0.3 is 14.8 Å². The van der Waals surface area contributed by atoms with E-state index in [-0.39, 0.29) is 12.2 Å².